The van der Waals surface area contributed by atoms with Gasteiger partial charge in [0.15, 0.2) is 12.2 Å². The molecule has 0 aliphatic rings. The quantitative estimate of drug-likeness (QED) is 0.0222. The second-order valence-corrected chi connectivity index (χ2v) is 34.2. The predicted molar refractivity (Wildman–Crippen MR) is 418 cm³/mol. The van der Waals surface area contributed by atoms with E-state index in [2.05, 4.69) is 55.4 Å². The first-order valence-electron chi connectivity index (χ1n) is 42.8. The normalized spacial score (nSPS) is 14.5. The molecule has 0 aromatic rings. The Morgan fingerprint density at radius 1 is 0.275 bits per heavy atom. The lowest BCUT2D eigenvalue weighted by Gasteiger charge is -2.21. The SMILES string of the molecule is CCC(C)CCCCCCCCCCCCCCCCCCCCC(=O)O[C@H](COC(=O)CCCCCCCCCCCCCCCCCCC(C)C)COP(=O)(O)OC[C@@H](O)COP(=O)(O)OC[C@@H](COC(=O)CCCCCCCCC(C)CC)OC(=O)CCCCCCCCCCC(C)C. The summed E-state index contributed by atoms with van der Waals surface area (Å²) in [5.41, 5.74) is 0. The van der Waals surface area contributed by atoms with Gasteiger partial charge in [-0.1, -0.05) is 376 Å². The third-order valence-corrected chi connectivity index (χ3v) is 21.9. The molecule has 0 fully saturated rings. The summed E-state index contributed by atoms with van der Waals surface area (Å²) in [5, 5.41) is 10.6. The lowest BCUT2D eigenvalue weighted by molar-refractivity contribution is -0.161. The molecule has 606 valence electrons. The van der Waals surface area contributed by atoms with Gasteiger partial charge >= 0.3 is 39.5 Å². The maximum Gasteiger partial charge on any atom is 0.472 e. The van der Waals surface area contributed by atoms with Gasteiger partial charge in [0, 0.05) is 25.7 Å². The van der Waals surface area contributed by atoms with E-state index in [1.807, 2.05) is 0 Å². The lowest BCUT2D eigenvalue weighted by atomic mass is 9.99. The minimum atomic E-state index is -4.96. The molecular weight excluding hydrogens is 1330 g/mol. The molecule has 0 aromatic heterocycles. The number of carbonyl (C=O) groups excluding carboxylic acids is 4. The standard InChI is InChI=1S/C83H162O17P2/c1-9-75(7)61-53-45-37-30-26-22-18-13-11-12-14-20-24-28-32-39-49-57-65-82(87)99-78(69-93-80(85)63-55-47-38-31-27-23-19-16-15-17-21-25-29-35-43-51-59-73(3)4)71-97-101(89,90)95-67-77(84)68-96-102(91,92)98-72-79(70-94-81(86)64-56-48-42-41-46-54-62-76(8)10-2)100-83(88)66-58-50-40-34-33-36-44-52-60-74(5)6/h73-79,84H,9-72H2,1-8H3,(H,89,90)(H,91,92)/t75?,76?,77-,78-,79-/m1/s1. The van der Waals surface area contributed by atoms with E-state index in [-0.39, 0.29) is 25.7 Å². The Morgan fingerprint density at radius 3 is 0.696 bits per heavy atom. The summed E-state index contributed by atoms with van der Waals surface area (Å²) in [7, 11) is -9.92. The Hall–Kier alpha value is -1.94. The molecule has 0 aliphatic carbocycles. The van der Waals surface area contributed by atoms with Crippen molar-refractivity contribution in [3.63, 3.8) is 0 Å². The van der Waals surface area contributed by atoms with Gasteiger partial charge in [-0.05, 0) is 49.4 Å². The highest BCUT2D eigenvalue weighted by Crippen LogP contribution is 2.45. The number of ether oxygens (including phenoxy) is 4. The minimum absolute atomic E-state index is 0.103. The van der Waals surface area contributed by atoms with E-state index >= 15 is 0 Å². The first kappa shape index (κ1) is 100. The number of rotatable bonds is 80. The summed E-state index contributed by atoms with van der Waals surface area (Å²) < 4.78 is 68.7. The van der Waals surface area contributed by atoms with Crippen LogP contribution in [0, 0.1) is 23.7 Å². The van der Waals surface area contributed by atoms with E-state index in [1.165, 1.54) is 225 Å². The van der Waals surface area contributed by atoms with Gasteiger partial charge in [-0.15, -0.1) is 0 Å². The average Bonchev–Trinajstić information content (AvgIpc) is 0.907. The molecule has 0 saturated carbocycles. The van der Waals surface area contributed by atoms with Crippen LogP contribution in [0.25, 0.3) is 0 Å². The predicted octanol–water partition coefficient (Wildman–Crippen LogP) is 24.8. The highest BCUT2D eigenvalue weighted by molar-refractivity contribution is 7.47. The van der Waals surface area contributed by atoms with Crippen molar-refractivity contribution < 1.29 is 80.2 Å². The number of carbonyl (C=O) groups is 4. The molecule has 17 nitrogen and oxygen atoms in total. The van der Waals surface area contributed by atoms with Crippen molar-refractivity contribution in [1.82, 2.24) is 0 Å². The number of unbranched alkanes of at least 4 members (excludes halogenated alkanes) is 44. The van der Waals surface area contributed by atoms with E-state index in [4.69, 9.17) is 37.0 Å². The highest BCUT2D eigenvalue weighted by Gasteiger charge is 2.30. The second kappa shape index (κ2) is 72.0. The first-order valence-corrected chi connectivity index (χ1v) is 45.8. The molecule has 0 bridgehead atoms. The number of esters is 4. The third kappa shape index (κ3) is 73.6. The van der Waals surface area contributed by atoms with Crippen LogP contribution in [-0.2, 0) is 65.4 Å². The van der Waals surface area contributed by atoms with Gasteiger partial charge in [-0.3, -0.25) is 37.3 Å². The van der Waals surface area contributed by atoms with Crippen LogP contribution in [0.5, 0.6) is 0 Å². The van der Waals surface area contributed by atoms with Crippen LogP contribution < -0.4 is 0 Å². The van der Waals surface area contributed by atoms with Crippen LogP contribution in [0.4, 0.5) is 0 Å². The second-order valence-electron chi connectivity index (χ2n) is 31.3. The molecule has 3 N–H and O–H groups in total. The van der Waals surface area contributed by atoms with Gasteiger partial charge in [-0.25, -0.2) is 9.13 Å². The van der Waals surface area contributed by atoms with Crippen molar-refractivity contribution in [2.45, 2.75) is 446 Å². The summed E-state index contributed by atoms with van der Waals surface area (Å²) in [5.74, 6) is 1.02. The molecule has 0 rings (SSSR count). The van der Waals surface area contributed by atoms with Crippen molar-refractivity contribution >= 4 is 39.5 Å². The van der Waals surface area contributed by atoms with Crippen LogP contribution in [-0.4, -0.2) is 96.7 Å². The van der Waals surface area contributed by atoms with Crippen LogP contribution in [0.2, 0.25) is 0 Å². The maximum absolute atomic E-state index is 13.1. The number of phosphoric acid groups is 2. The molecule has 0 aliphatic heterocycles. The fourth-order valence-corrected chi connectivity index (χ4v) is 14.3. The van der Waals surface area contributed by atoms with Crippen LogP contribution >= 0.6 is 15.6 Å². The number of aliphatic hydroxyl groups is 1. The third-order valence-electron chi connectivity index (χ3n) is 20.0. The molecule has 0 amide bonds. The van der Waals surface area contributed by atoms with E-state index in [9.17, 15) is 43.2 Å². The summed E-state index contributed by atoms with van der Waals surface area (Å²) in [6.45, 7) is 14.3. The molecular formula is C83H162O17P2. The Kier molecular flexibility index (Phi) is 70.6. The monoisotopic (exact) mass is 1490 g/mol. The fourth-order valence-electron chi connectivity index (χ4n) is 12.7. The smallest absolute Gasteiger partial charge is 0.462 e. The summed E-state index contributed by atoms with van der Waals surface area (Å²) >= 11 is 0. The van der Waals surface area contributed by atoms with Crippen LogP contribution in [0.15, 0.2) is 0 Å². The molecule has 102 heavy (non-hydrogen) atoms. The van der Waals surface area contributed by atoms with Crippen LogP contribution in [0.1, 0.15) is 428 Å². The Labute approximate surface area is 626 Å². The average molecular weight is 1490 g/mol. The molecule has 0 saturated heterocycles. The molecule has 0 spiro atoms. The van der Waals surface area contributed by atoms with Crippen molar-refractivity contribution in [3.05, 3.63) is 0 Å². The van der Waals surface area contributed by atoms with Crippen molar-refractivity contribution in [3.8, 4) is 0 Å². The van der Waals surface area contributed by atoms with Gasteiger partial charge < -0.3 is 33.8 Å². The molecule has 0 radical (unpaired) electrons. The maximum atomic E-state index is 13.1. The van der Waals surface area contributed by atoms with E-state index in [0.717, 1.165) is 120 Å². The zero-order valence-electron chi connectivity index (χ0n) is 67.2. The van der Waals surface area contributed by atoms with E-state index in [0.29, 0.717) is 25.7 Å². The van der Waals surface area contributed by atoms with E-state index in [1.54, 1.807) is 0 Å². The van der Waals surface area contributed by atoms with Gasteiger partial charge in [0.1, 0.15) is 19.3 Å². The molecule has 19 heteroatoms. The largest absolute Gasteiger partial charge is 0.472 e. The molecule has 7 atom stereocenters. The number of phosphoric ester groups is 2. The Morgan fingerprint density at radius 2 is 0.471 bits per heavy atom. The van der Waals surface area contributed by atoms with Gasteiger partial charge in [-0.2, -0.15) is 0 Å². The topological polar surface area (TPSA) is 237 Å². The van der Waals surface area contributed by atoms with Crippen LogP contribution in [0.3, 0.4) is 0 Å². The molecule has 4 unspecified atom stereocenters. The zero-order valence-corrected chi connectivity index (χ0v) is 69.0. The van der Waals surface area contributed by atoms with Gasteiger partial charge in [0.2, 0.25) is 0 Å². The first-order chi connectivity index (χ1) is 49.2. The molecule has 0 heterocycles. The number of hydrogen-bond acceptors (Lipinski definition) is 15. The molecule has 0 aromatic carbocycles. The summed E-state index contributed by atoms with van der Waals surface area (Å²) in [4.78, 5) is 73.0. The van der Waals surface area contributed by atoms with E-state index < -0.39 is 97.5 Å². The van der Waals surface area contributed by atoms with Gasteiger partial charge in [0.05, 0.1) is 26.4 Å². The van der Waals surface area contributed by atoms with Crippen molar-refractivity contribution in [1.29, 1.82) is 0 Å². The number of hydrogen-bond donors (Lipinski definition) is 3. The van der Waals surface area contributed by atoms with Crippen molar-refractivity contribution in [2.75, 3.05) is 39.6 Å². The summed E-state index contributed by atoms with van der Waals surface area (Å²) in [6, 6.07) is 0. The summed E-state index contributed by atoms with van der Waals surface area (Å²) in [6.07, 6.45) is 59.9. The minimum Gasteiger partial charge on any atom is -0.462 e. The number of aliphatic hydroxyl groups excluding tert-OH is 1. The highest BCUT2D eigenvalue weighted by atomic mass is 31.2. The van der Waals surface area contributed by atoms with Gasteiger partial charge in [0.25, 0.3) is 0 Å². The Bertz CT molecular complexity index is 1990. The zero-order chi connectivity index (χ0) is 75.3. The lowest BCUT2D eigenvalue weighted by Crippen LogP contribution is -2.30. The van der Waals surface area contributed by atoms with Crippen molar-refractivity contribution in [2.24, 2.45) is 23.7 Å². The Balaban J connectivity index is 5.20. The fraction of sp³-hybridized carbons (Fsp3) is 0.952.